The highest BCUT2D eigenvalue weighted by atomic mass is 32.2. The Balaban J connectivity index is 1.70. The molecular weight excluding hydrogens is 398 g/mol. The second-order valence-electron chi connectivity index (χ2n) is 6.38. The van der Waals surface area contributed by atoms with Crippen LogP contribution >= 0.6 is 11.8 Å². The van der Waals surface area contributed by atoms with Crippen molar-refractivity contribution in [2.75, 3.05) is 0 Å². The zero-order valence-electron chi connectivity index (χ0n) is 15.7. The van der Waals surface area contributed by atoms with Crippen LogP contribution in [-0.2, 0) is 5.75 Å². The Morgan fingerprint density at radius 1 is 1.00 bits per heavy atom. The van der Waals surface area contributed by atoms with Crippen molar-refractivity contribution < 1.29 is 4.92 Å². The number of para-hydroxylation sites is 1. The molecule has 0 spiro atoms. The molecule has 0 aliphatic rings. The first kappa shape index (κ1) is 19.4. The van der Waals surface area contributed by atoms with Crippen LogP contribution in [0.1, 0.15) is 11.1 Å². The number of nitro benzene ring substituents is 1. The molecule has 8 heteroatoms. The lowest BCUT2D eigenvalue weighted by Crippen LogP contribution is -2.00. The number of hydrogen-bond acceptors (Lipinski definition) is 6. The predicted molar refractivity (Wildman–Crippen MR) is 114 cm³/mol. The molecule has 0 saturated heterocycles. The van der Waals surface area contributed by atoms with Gasteiger partial charge in [0.2, 0.25) is 0 Å². The van der Waals surface area contributed by atoms with E-state index in [9.17, 15) is 10.1 Å². The summed E-state index contributed by atoms with van der Waals surface area (Å²) in [4.78, 5) is 10.5. The van der Waals surface area contributed by atoms with Gasteiger partial charge in [-0.2, -0.15) is 5.26 Å². The molecule has 0 aliphatic carbocycles. The van der Waals surface area contributed by atoms with Gasteiger partial charge in [0.1, 0.15) is 0 Å². The van der Waals surface area contributed by atoms with Crippen molar-refractivity contribution >= 4 is 17.4 Å². The summed E-state index contributed by atoms with van der Waals surface area (Å²) in [5.74, 6) is 1.23. The van der Waals surface area contributed by atoms with Crippen LogP contribution in [0.25, 0.3) is 17.1 Å². The molecule has 0 aliphatic heterocycles. The summed E-state index contributed by atoms with van der Waals surface area (Å²) in [6.07, 6.45) is 0. The van der Waals surface area contributed by atoms with Crippen LogP contribution in [0, 0.1) is 21.4 Å². The average molecular weight is 413 g/mol. The van der Waals surface area contributed by atoms with Crippen LogP contribution in [0.15, 0.2) is 84.0 Å². The van der Waals surface area contributed by atoms with Gasteiger partial charge in [-0.1, -0.05) is 42.1 Å². The van der Waals surface area contributed by atoms with Crippen LogP contribution in [0.2, 0.25) is 0 Å². The molecule has 4 rings (SSSR count). The average Bonchev–Trinajstić information content (AvgIpc) is 3.22. The summed E-state index contributed by atoms with van der Waals surface area (Å²) >= 11 is 1.51. The second-order valence-corrected chi connectivity index (χ2v) is 7.32. The lowest BCUT2D eigenvalue weighted by Gasteiger charge is -2.10. The maximum absolute atomic E-state index is 11.0. The monoisotopic (exact) mass is 413 g/mol. The van der Waals surface area contributed by atoms with Gasteiger partial charge in [0.05, 0.1) is 16.6 Å². The lowest BCUT2D eigenvalue weighted by atomic mass is 10.2. The molecule has 0 saturated carbocycles. The first-order valence-electron chi connectivity index (χ1n) is 9.03. The minimum absolute atomic E-state index is 0.0245. The number of non-ortho nitro benzene ring substituents is 1. The fraction of sp³-hybridized carbons (Fsp3) is 0.0455. The minimum atomic E-state index is -0.428. The van der Waals surface area contributed by atoms with Crippen molar-refractivity contribution in [2.24, 2.45) is 0 Å². The fourth-order valence-corrected chi connectivity index (χ4v) is 3.87. The maximum atomic E-state index is 11.0. The van der Waals surface area contributed by atoms with Crippen LogP contribution in [0.5, 0.6) is 0 Å². The maximum Gasteiger partial charge on any atom is 0.269 e. The molecule has 0 atom stereocenters. The Hall–Kier alpha value is -3.96. The quantitative estimate of drug-likeness (QED) is 0.250. The Morgan fingerprint density at radius 3 is 2.47 bits per heavy atom. The van der Waals surface area contributed by atoms with E-state index in [1.54, 1.807) is 18.2 Å². The Morgan fingerprint density at radius 2 is 1.77 bits per heavy atom. The topological polar surface area (TPSA) is 97.6 Å². The standard InChI is InChI=1S/C22H15N5O2S/c23-14-16-5-4-6-17(13-16)15-30-22-25-24-21(26(22)19-7-2-1-3-8-19)18-9-11-20(12-10-18)27(28)29/h1-13H,15H2. The fourth-order valence-electron chi connectivity index (χ4n) is 2.97. The summed E-state index contributed by atoms with van der Waals surface area (Å²) in [7, 11) is 0. The predicted octanol–water partition coefficient (Wildman–Crippen LogP) is 5.01. The number of thioether (sulfide) groups is 1. The van der Waals surface area contributed by atoms with Gasteiger partial charge in [0.25, 0.3) is 5.69 Å². The van der Waals surface area contributed by atoms with Crippen LogP contribution in [0.3, 0.4) is 0 Å². The third kappa shape index (κ3) is 4.06. The number of aromatic nitrogens is 3. The summed E-state index contributed by atoms with van der Waals surface area (Å²) in [6, 6.07) is 25.6. The largest absolute Gasteiger partial charge is 0.270 e. The molecule has 0 fully saturated rings. The van der Waals surface area contributed by atoms with Crippen molar-refractivity contribution in [3.05, 3.63) is 100 Å². The van der Waals surface area contributed by atoms with Gasteiger partial charge in [-0.25, -0.2) is 0 Å². The molecule has 1 aromatic heterocycles. The molecule has 0 bridgehead atoms. The zero-order chi connectivity index (χ0) is 20.9. The third-order valence-electron chi connectivity index (χ3n) is 4.41. The molecular formula is C22H15N5O2S. The number of benzene rings is 3. The number of hydrogen-bond donors (Lipinski definition) is 0. The first-order valence-corrected chi connectivity index (χ1v) is 10.0. The van der Waals surface area contributed by atoms with Crippen molar-refractivity contribution in [3.63, 3.8) is 0 Å². The van der Waals surface area contributed by atoms with Gasteiger partial charge in [-0.05, 0) is 42.0 Å². The molecule has 3 aromatic carbocycles. The molecule has 0 amide bonds. The van der Waals surface area contributed by atoms with E-state index in [1.807, 2.05) is 53.1 Å². The minimum Gasteiger partial charge on any atom is -0.270 e. The highest BCUT2D eigenvalue weighted by Crippen LogP contribution is 2.30. The van der Waals surface area contributed by atoms with E-state index in [4.69, 9.17) is 5.26 Å². The van der Waals surface area contributed by atoms with Gasteiger partial charge >= 0.3 is 0 Å². The number of rotatable bonds is 6. The number of nitro groups is 1. The van der Waals surface area contributed by atoms with Crippen molar-refractivity contribution in [1.29, 1.82) is 5.26 Å². The van der Waals surface area contributed by atoms with E-state index < -0.39 is 4.92 Å². The van der Waals surface area contributed by atoms with Gasteiger partial charge in [-0.15, -0.1) is 10.2 Å². The molecule has 4 aromatic rings. The first-order chi connectivity index (χ1) is 14.7. The Kier molecular flexibility index (Phi) is 5.54. The lowest BCUT2D eigenvalue weighted by molar-refractivity contribution is -0.384. The van der Waals surface area contributed by atoms with E-state index >= 15 is 0 Å². The molecule has 30 heavy (non-hydrogen) atoms. The van der Waals surface area contributed by atoms with Crippen LogP contribution in [0.4, 0.5) is 5.69 Å². The normalized spacial score (nSPS) is 10.5. The van der Waals surface area contributed by atoms with Crippen LogP contribution < -0.4 is 0 Å². The zero-order valence-corrected chi connectivity index (χ0v) is 16.5. The van der Waals surface area contributed by atoms with E-state index in [0.717, 1.165) is 16.8 Å². The molecule has 0 unspecified atom stereocenters. The van der Waals surface area contributed by atoms with Crippen molar-refractivity contribution in [2.45, 2.75) is 10.9 Å². The van der Waals surface area contributed by atoms with Gasteiger partial charge in [0, 0.05) is 29.1 Å². The second kappa shape index (κ2) is 8.59. The molecule has 7 nitrogen and oxygen atoms in total. The van der Waals surface area contributed by atoms with E-state index in [1.165, 1.54) is 23.9 Å². The van der Waals surface area contributed by atoms with Gasteiger partial charge in [-0.3, -0.25) is 14.7 Å². The smallest absolute Gasteiger partial charge is 0.269 e. The third-order valence-corrected chi connectivity index (χ3v) is 5.41. The highest BCUT2D eigenvalue weighted by Gasteiger charge is 2.17. The molecule has 0 N–H and O–H groups in total. The summed E-state index contributed by atoms with van der Waals surface area (Å²) in [5, 5.41) is 29.5. The van der Waals surface area contributed by atoms with Crippen molar-refractivity contribution in [3.8, 4) is 23.1 Å². The summed E-state index contributed by atoms with van der Waals surface area (Å²) in [5.41, 5.74) is 3.28. The Bertz CT molecular complexity index is 1230. The summed E-state index contributed by atoms with van der Waals surface area (Å²) in [6.45, 7) is 0. The highest BCUT2D eigenvalue weighted by molar-refractivity contribution is 7.98. The van der Waals surface area contributed by atoms with Crippen molar-refractivity contribution in [1.82, 2.24) is 14.8 Å². The van der Waals surface area contributed by atoms with Gasteiger partial charge < -0.3 is 0 Å². The molecule has 1 heterocycles. The van der Waals surface area contributed by atoms with Gasteiger partial charge in [0.15, 0.2) is 11.0 Å². The SMILES string of the molecule is N#Cc1cccc(CSc2nnc(-c3ccc([N+](=O)[O-])cc3)n2-c2ccccc2)c1. The van der Waals surface area contributed by atoms with E-state index in [2.05, 4.69) is 16.3 Å². The summed E-state index contributed by atoms with van der Waals surface area (Å²) < 4.78 is 1.93. The van der Waals surface area contributed by atoms with E-state index in [0.29, 0.717) is 22.3 Å². The Labute approximate surface area is 176 Å². The van der Waals surface area contributed by atoms with E-state index in [-0.39, 0.29) is 5.69 Å². The number of nitrogens with zero attached hydrogens (tertiary/aromatic N) is 5. The number of nitriles is 1. The molecule has 0 radical (unpaired) electrons. The molecule has 146 valence electrons. The van der Waals surface area contributed by atoms with Crippen LogP contribution in [-0.4, -0.2) is 19.7 Å².